The van der Waals surface area contributed by atoms with E-state index in [0.29, 0.717) is 5.56 Å². The maximum absolute atomic E-state index is 13.8. The molecule has 0 spiro atoms. The van der Waals surface area contributed by atoms with E-state index in [9.17, 15) is 14.3 Å². The van der Waals surface area contributed by atoms with E-state index in [2.05, 4.69) is 4.74 Å². The van der Waals surface area contributed by atoms with Crippen LogP contribution in [0.5, 0.6) is 5.75 Å². The Labute approximate surface area is 106 Å². The van der Waals surface area contributed by atoms with Gasteiger partial charge < -0.3 is 15.6 Å². The monoisotopic (exact) mass is 255 g/mol. The number of aryl methyl sites for hydroxylation is 1. The van der Waals surface area contributed by atoms with Gasteiger partial charge in [0.25, 0.3) is 0 Å². The number of halogens is 1. The number of hydrogen-bond donors (Lipinski definition) is 2. The molecule has 3 N–H and O–H groups in total. The van der Waals surface area contributed by atoms with Crippen LogP contribution >= 0.6 is 0 Å². The van der Waals surface area contributed by atoms with E-state index in [4.69, 9.17) is 5.73 Å². The highest BCUT2D eigenvalue weighted by Crippen LogP contribution is 2.39. The zero-order valence-electron chi connectivity index (χ0n) is 11.0. The number of carbonyl (C=O) groups excluding carboxylic acids is 1. The van der Waals surface area contributed by atoms with Gasteiger partial charge in [-0.25, -0.2) is 4.39 Å². The Hall–Kier alpha value is -1.62. The van der Waals surface area contributed by atoms with Crippen molar-refractivity contribution in [3.05, 3.63) is 29.1 Å². The largest absolute Gasteiger partial charge is 0.507 e. The summed E-state index contributed by atoms with van der Waals surface area (Å²) < 4.78 is 18.4. The normalized spacial score (nSPS) is 13.2. The van der Waals surface area contributed by atoms with E-state index in [1.165, 1.54) is 19.2 Å². The summed E-state index contributed by atoms with van der Waals surface area (Å²) in [5.41, 5.74) is 5.22. The fraction of sp³-hybridized carbons (Fsp3) is 0.462. The zero-order chi connectivity index (χ0) is 14.1. The molecule has 1 rings (SSSR count). The second kappa shape index (κ2) is 4.94. The molecule has 0 aliphatic carbocycles. The maximum Gasteiger partial charge on any atom is 0.313 e. The van der Waals surface area contributed by atoms with Crippen molar-refractivity contribution in [3.63, 3.8) is 0 Å². The minimum atomic E-state index is -1.14. The van der Waals surface area contributed by atoms with Gasteiger partial charge in [0.15, 0.2) is 0 Å². The van der Waals surface area contributed by atoms with Gasteiger partial charge in [-0.2, -0.15) is 0 Å². The van der Waals surface area contributed by atoms with Gasteiger partial charge in [-0.15, -0.1) is 0 Å². The van der Waals surface area contributed by atoms with Crippen LogP contribution in [0.25, 0.3) is 0 Å². The molecule has 0 aliphatic heterocycles. The van der Waals surface area contributed by atoms with Crippen molar-refractivity contribution in [1.82, 2.24) is 0 Å². The van der Waals surface area contributed by atoms with E-state index < -0.39 is 23.2 Å². The lowest BCUT2D eigenvalue weighted by molar-refractivity contribution is -0.152. The molecule has 0 saturated heterocycles. The van der Waals surface area contributed by atoms with Crippen molar-refractivity contribution in [2.24, 2.45) is 11.1 Å². The predicted octanol–water partition coefficient (Wildman–Crippen LogP) is 2.04. The van der Waals surface area contributed by atoms with Crippen molar-refractivity contribution in [1.29, 1.82) is 0 Å². The summed E-state index contributed by atoms with van der Waals surface area (Å²) in [5.74, 6) is -1.42. The lowest BCUT2D eigenvalue weighted by atomic mass is 9.80. The second-order valence-electron chi connectivity index (χ2n) is 4.82. The first-order valence-corrected chi connectivity index (χ1v) is 5.55. The van der Waals surface area contributed by atoms with Crippen molar-refractivity contribution in [2.75, 3.05) is 7.11 Å². The number of benzene rings is 1. The Kier molecular flexibility index (Phi) is 3.96. The second-order valence-corrected chi connectivity index (χ2v) is 4.82. The fourth-order valence-corrected chi connectivity index (χ4v) is 1.74. The molecule has 0 saturated carbocycles. The highest BCUT2D eigenvalue weighted by molar-refractivity contribution is 5.77. The first-order chi connectivity index (χ1) is 8.23. The summed E-state index contributed by atoms with van der Waals surface area (Å²) >= 11 is 0. The molecule has 0 radical (unpaired) electrons. The van der Waals surface area contributed by atoms with Crippen LogP contribution < -0.4 is 5.73 Å². The molecule has 18 heavy (non-hydrogen) atoms. The molecule has 1 aromatic carbocycles. The quantitative estimate of drug-likeness (QED) is 0.811. The molecule has 0 amide bonds. The molecule has 0 fully saturated rings. The van der Waals surface area contributed by atoms with Gasteiger partial charge in [0.2, 0.25) is 0 Å². The van der Waals surface area contributed by atoms with E-state index in [-0.39, 0.29) is 11.3 Å². The lowest BCUT2D eigenvalue weighted by Gasteiger charge is -2.29. The summed E-state index contributed by atoms with van der Waals surface area (Å²) in [5, 5.41) is 9.89. The number of aromatic hydroxyl groups is 1. The van der Waals surface area contributed by atoms with E-state index in [0.717, 1.165) is 0 Å². The number of rotatable bonds is 3. The number of nitrogens with two attached hydrogens (primary N) is 1. The van der Waals surface area contributed by atoms with Gasteiger partial charge >= 0.3 is 5.97 Å². The van der Waals surface area contributed by atoms with Gasteiger partial charge in [-0.1, -0.05) is 6.07 Å². The highest BCUT2D eigenvalue weighted by Gasteiger charge is 2.39. The number of methoxy groups -OCH3 is 1. The Morgan fingerprint density at radius 3 is 2.56 bits per heavy atom. The summed E-state index contributed by atoms with van der Waals surface area (Å²) in [6.07, 6.45) is 0. The summed E-state index contributed by atoms with van der Waals surface area (Å²) in [6.45, 7) is 4.73. The van der Waals surface area contributed by atoms with Gasteiger partial charge in [-0.05, 0) is 32.4 Å². The van der Waals surface area contributed by atoms with E-state index in [1.807, 2.05) is 0 Å². The molecule has 5 heteroatoms. The average molecular weight is 255 g/mol. The SMILES string of the molecule is COC(=O)C(C)(C)[C@@H](N)c1c(F)ccc(C)c1O. The first kappa shape index (κ1) is 14.4. The van der Waals surface area contributed by atoms with Crippen LogP contribution in [-0.2, 0) is 9.53 Å². The molecule has 0 unspecified atom stereocenters. The summed E-state index contributed by atoms with van der Waals surface area (Å²) in [7, 11) is 1.24. The van der Waals surface area contributed by atoms with E-state index >= 15 is 0 Å². The first-order valence-electron chi connectivity index (χ1n) is 5.55. The van der Waals surface area contributed by atoms with Crippen molar-refractivity contribution in [2.45, 2.75) is 26.8 Å². The highest BCUT2D eigenvalue weighted by atomic mass is 19.1. The molecule has 100 valence electrons. The Morgan fingerprint density at radius 2 is 2.06 bits per heavy atom. The van der Waals surface area contributed by atoms with Crippen LogP contribution in [0.4, 0.5) is 4.39 Å². The van der Waals surface area contributed by atoms with Crippen molar-refractivity contribution in [3.8, 4) is 5.75 Å². The zero-order valence-corrected chi connectivity index (χ0v) is 11.0. The minimum Gasteiger partial charge on any atom is -0.507 e. The molecule has 0 aromatic heterocycles. The lowest BCUT2D eigenvalue weighted by Crippen LogP contribution is -2.38. The number of phenolic OH excluding ortho intramolecular Hbond substituents is 1. The number of phenols is 1. The van der Waals surface area contributed by atoms with Gasteiger partial charge in [-0.3, -0.25) is 4.79 Å². The Bertz CT molecular complexity index is 472. The minimum absolute atomic E-state index is 0.0644. The smallest absolute Gasteiger partial charge is 0.313 e. The Morgan fingerprint density at radius 1 is 1.50 bits per heavy atom. The number of ether oxygens (including phenoxy) is 1. The molecule has 1 aromatic rings. The van der Waals surface area contributed by atoms with Crippen LogP contribution in [0.15, 0.2) is 12.1 Å². The van der Waals surface area contributed by atoms with Crippen LogP contribution in [0.1, 0.15) is 31.0 Å². The van der Waals surface area contributed by atoms with Gasteiger partial charge in [0, 0.05) is 5.56 Å². The third-order valence-corrected chi connectivity index (χ3v) is 3.17. The number of hydrogen-bond acceptors (Lipinski definition) is 4. The molecular weight excluding hydrogens is 237 g/mol. The molecule has 0 aliphatic rings. The van der Waals surface area contributed by atoms with Crippen molar-refractivity contribution >= 4 is 5.97 Å². The van der Waals surface area contributed by atoms with Crippen LogP contribution in [-0.4, -0.2) is 18.2 Å². The van der Waals surface area contributed by atoms with Gasteiger partial charge in [0.1, 0.15) is 11.6 Å². The number of carbonyl (C=O) groups is 1. The van der Waals surface area contributed by atoms with Crippen LogP contribution in [0.3, 0.4) is 0 Å². The van der Waals surface area contributed by atoms with Crippen LogP contribution in [0.2, 0.25) is 0 Å². The summed E-state index contributed by atoms with van der Waals surface area (Å²) in [6, 6.07) is 1.67. The van der Waals surface area contributed by atoms with Crippen LogP contribution in [0, 0.1) is 18.2 Å². The fourth-order valence-electron chi connectivity index (χ4n) is 1.74. The number of esters is 1. The average Bonchev–Trinajstić information content (AvgIpc) is 2.33. The Balaban J connectivity index is 3.31. The molecule has 0 bridgehead atoms. The third kappa shape index (κ3) is 2.31. The third-order valence-electron chi connectivity index (χ3n) is 3.17. The summed E-state index contributed by atoms with van der Waals surface area (Å²) in [4.78, 5) is 11.6. The topological polar surface area (TPSA) is 72.5 Å². The standard InChI is InChI=1S/C13H18FNO3/c1-7-5-6-8(14)9(10(7)16)11(15)13(2,3)12(17)18-4/h5-6,11,16H,15H2,1-4H3/t11-/m0/s1. The molecule has 4 nitrogen and oxygen atoms in total. The predicted molar refractivity (Wildman–Crippen MR) is 65.5 cm³/mol. The molecule has 1 atom stereocenters. The maximum atomic E-state index is 13.8. The van der Waals surface area contributed by atoms with E-state index in [1.54, 1.807) is 20.8 Å². The molecular formula is C13H18FNO3. The van der Waals surface area contributed by atoms with Gasteiger partial charge in [0.05, 0.1) is 18.6 Å². The van der Waals surface area contributed by atoms with Crippen molar-refractivity contribution < 1.29 is 19.0 Å². The molecule has 0 heterocycles.